The summed E-state index contributed by atoms with van der Waals surface area (Å²) in [4.78, 5) is 30.2. The molecular weight excluding hydrogens is 1820 g/mol. The number of hydrogen-bond acceptors (Lipinski definition) is 9. The topological polar surface area (TPSA) is 97.1 Å². The average molecular weight is 1900 g/mol. The number of benzene rings is 20. The van der Waals surface area contributed by atoms with E-state index < -0.39 is 0 Å². The molecule has 20 aromatic carbocycles. The first-order valence-electron chi connectivity index (χ1n) is 48.7. The SMILES string of the molecule is c1ccc(-c2cc(-c3ccccc3)nc(-n3c4ccc(-n5c6ccccc6c6ccccc65)cc4c4c5sc6ccccc6c5ccc43)n2)cc1.c1ccc(-c2ccc(-c3cccc(-c4ccnc(-c5ccc(-n6c7ccccc7c7c8sc9ccccc9c8ccc76)cc5)n4)c3)cc2)cc1.c1ccc(-c2cccc(-c3ccc(-c4ccnc(-n5c6ccccc6c6c7sc8ccccc8c7ccc65)n4)cc3)c2)cc1. The molecule has 0 aliphatic rings. The third-order valence-electron chi connectivity index (χ3n) is 28.4. The van der Waals surface area contributed by atoms with Crippen molar-refractivity contribution >= 4 is 182 Å². The Balaban J connectivity index is 0.000000106. The predicted octanol–water partition coefficient (Wildman–Crippen LogP) is 35.9. The van der Waals surface area contributed by atoms with Gasteiger partial charge in [-0.1, -0.05) is 352 Å². The van der Waals surface area contributed by atoms with Crippen LogP contribution in [0.3, 0.4) is 0 Å². The summed E-state index contributed by atoms with van der Waals surface area (Å²) in [5, 5.41) is 17.8. The van der Waals surface area contributed by atoms with E-state index in [1.807, 2.05) is 76.7 Å². The number of para-hydroxylation sites is 4. The average Bonchev–Trinajstić information content (AvgIpc) is 1.55. The standard InChI is InChI=1S/C46H28N4S.C46H29N3S.C40H25N3S/c1-3-13-29(14-4-1)37-28-38(30-15-5-2-6-16-30)48-46(47-37)50-41-25-23-31(49-39-20-10-7-17-32(39)33-18-8-11-21-40(33)49)27-36(41)44-42(50)26-24-35-34-19-9-12-22-43(34)51-45(35)44;1-2-9-30(10-3-1)31-17-19-32(20-18-31)34-11-8-12-35(29-34)40-27-28-47-46(48-40)33-21-23-36(24-22-33)49-41-15-6-4-14-39(41)44-42(49)26-25-38-37-13-5-7-16-43(37)50-45(38)44;1-2-9-26(10-3-1)29-11-8-12-30(25-29)27-17-19-28(20-18-27)34-23-24-41-40(42-34)43-35-15-6-4-14-33(35)38-36(43)22-21-32-31-13-5-7-16-37(31)44-39(32)38/h1-28H;1-29H;1-25H. The summed E-state index contributed by atoms with van der Waals surface area (Å²) in [6.07, 6.45) is 3.73. The van der Waals surface area contributed by atoms with Crippen LogP contribution in [0.2, 0.25) is 0 Å². The molecule has 678 valence electrons. The second-order valence-electron chi connectivity index (χ2n) is 36.7. The van der Waals surface area contributed by atoms with Gasteiger partial charge in [0, 0.05) is 155 Å². The zero-order valence-electron chi connectivity index (χ0n) is 78.0. The van der Waals surface area contributed by atoms with E-state index in [1.165, 1.54) is 165 Å². The van der Waals surface area contributed by atoms with Gasteiger partial charge in [-0.25, -0.2) is 29.9 Å². The van der Waals surface area contributed by atoms with Gasteiger partial charge in [0.25, 0.3) is 0 Å². The lowest BCUT2D eigenvalue weighted by Gasteiger charge is -2.12. The molecule has 13 heteroatoms. The number of rotatable bonds is 13. The van der Waals surface area contributed by atoms with Crippen LogP contribution in [-0.4, -0.2) is 48.2 Å². The highest BCUT2D eigenvalue weighted by atomic mass is 32.1. The van der Waals surface area contributed by atoms with E-state index >= 15 is 0 Å². The first kappa shape index (κ1) is 84.6. The third kappa shape index (κ3) is 14.7. The lowest BCUT2D eigenvalue weighted by molar-refractivity contribution is 0.992. The van der Waals surface area contributed by atoms with Gasteiger partial charge in [0.15, 0.2) is 5.82 Å². The van der Waals surface area contributed by atoms with Crippen molar-refractivity contribution in [2.24, 2.45) is 0 Å². The minimum atomic E-state index is 0.653. The molecule has 0 saturated carbocycles. The van der Waals surface area contributed by atoms with Crippen molar-refractivity contribution in [3.63, 3.8) is 0 Å². The molecule has 10 nitrogen and oxygen atoms in total. The Morgan fingerprint density at radius 3 is 0.966 bits per heavy atom. The summed E-state index contributed by atoms with van der Waals surface area (Å²) in [6.45, 7) is 0. The summed E-state index contributed by atoms with van der Waals surface area (Å²) >= 11 is 5.60. The number of aromatic nitrogens is 10. The van der Waals surface area contributed by atoms with Crippen molar-refractivity contribution in [3.05, 3.63) is 498 Å². The van der Waals surface area contributed by atoms with Crippen LogP contribution in [0.5, 0.6) is 0 Å². The van der Waals surface area contributed by atoms with Crippen molar-refractivity contribution in [1.29, 1.82) is 0 Å². The molecule has 0 aliphatic carbocycles. The quantitative estimate of drug-likeness (QED) is 0.114. The molecule has 30 rings (SSSR count). The Kier molecular flexibility index (Phi) is 20.6. The smallest absolute Gasteiger partial charge is 0.235 e. The van der Waals surface area contributed by atoms with E-state index in [-0.39, 0.29) is 0 Å². The Morgan fingerprint density at radius 2 is 0.469 bits per heavy atom. The molecule has 0 atom stereocenters. The zero-order valence-corrected chi connectivity index (χ0v) is 80.5. The predicted molar refractivity (Wildman–Crippen MR) is 611 cm³/mol. The Labute approximate surface area is 845 Å². The fraction of sp³-hybridized carbons (Fsp3) is 0. The molecular formula is C132H82N10S3. The van der Waals surface area contributed by atoms with Gasteiger partial charge in [-0.05, 0) is 178 Å². The van der Waals surface area contributed by atoms with Crippen LogP contribution in [0.4, 0.5) is 0 Å². The van der Waals surface area contributed by atoms with Gasteiger partial charge in [-0.3, -0.25) is 9.13 Å². The molecule has 0 fully saturated rings. The van der Waals surface area contributed by atoms with Crippen molar-refractivity contribution in [3.8, 4) is 124 Å². The van der Waals surface area contributed by atoms with Gasteiger partial charge < -0.3 is 9.13 Å². The van der Waals surface area contributed by atoms with Gasteiger partial charge in [0.05, 0.1) is 66.9 Å². The molecule has 0 amide bonds. The van der Waals surface area contributed by atoms with Gasteiger partial charge in [0.2, 0.25) is 11.9 Å². The molecule has 0 spiro atoms. The van der Waals surface area contributed by atoms with E-state index in [1.54, 1.807) is 0 Å². The maximum Gasteiger partial charge on any atom is 0.235 e. The molecule has 10 aromatic heterocycles. The van der Waals surface area contributed by atoms with Crippen LogP contribution >= 0.6 is 34.0 Å². The summed E-state index contributed by atoms with van der Waals surface area (Å²) in [7, 11) is 0. The molecule has 0 saturated heterocycles. The van der Waals surface area contributed by atoms with Crippen LogP contribution in [0.15, 0.2) is 498 Å². The largest absolute Gasteiger partial charge is 0.309 e. The van der Waals surface area contributed by atoms with Crippen LogP contribution in [0.25, 0.3) is 272 Å². The summed E-state index contributed by atoms with van der Waals surface area (Å²) < 4.78 is 17.1. The van der Waals surface area contributed by atoms with Crippen molar-refractivity contribution < 1.29 is 0 Å². The summed E-state index contributed by atoms with van der Waals surface area (Å²) in [6, 6.07) is 173. The third-order valence-corrected chi connectivity index (χ3v) is 32.0. The molecule has 0 bridgehead atoms. The minimum Gasteiger partial charge on any atom is -0.309 e. The van der Waals surface area contributed by atoms with Gasteiger partial charge in [0.1, 0.15) is 0 Å². The second-order valence-corrected chi connectivity index (χ2v) is 39.8. The highest BCUT2D eigenvalue weighted by Gasteiger charge is 2.26. The van der Waals surface area contributed by atoms with E-state index in [4.69, 9.17) is 24.9 Å². The normalized spacial score (nSPS) is 11.7. The number of fused-ring (bicyclic) bond motifs is 24. The van der Waals surface area contributed by atoms with Gasteiger partial charge in [-0.15, -0.1) is 34.0 Å². The Morgan fingerprint density at radius 1 is 0.159 bits per heavy atom. The van der Waals surface area contributed by atoms with E-state index in [2.05, 4.69) is 478 Å². The number of nitrogens with zero attached hydrogens (tertiary/aromatic N) is 10. The highest BCUT2D eigenvalue weighted by molar-refractivity contribution is 7.27. The highest BCUT2D eigenvalue weighted by Crippen LogP contribution is 2.49. The molecule has 0 unspecified atom stereocenters. The Bertz CT molecular complexity index is 10200. The molecule has 30 aromatic rings. The van der Waals surface area contributed by atoms with Gasteiger partial charge in [-0.2, -0.15) is 0 Å². The van der Waals surface area contributed by atoms with Crippen LogP contribution in [0.1, 0.15) is 0 Å². The fourth-order valence-electron chi connectivity index (χ4n) is 21.6. The van der Waals surface area contributed by atoms with Crippen LogP contribution in [-0.2, 0) is 0 Å². The molecule has 145 heavy (non-hydrogen) atoms. The first-order chi connectivity index (χ1) is 71.9. The molecule has 10 heterocycles. The van der Waals surface area contributed by atoms with E-state index in [9.17, 15) is 0 Å². The fourth-order valence-corrected chi connectivity index (χ4v) is 25.3. The molecule has 0 aliphatic heterocycles. The van der Waals surface area contributed by atoms with Crippen LogP contribution < -0.4 is 0 Å². The van der Waals surface area contributed by atoms with E-state index in [0.29, 0.717) is 17.7 Å². The van der Waals surface area contributed by atoms with Crippen molar-refractivity contribution in [2.45, 2.75) is 0 Å². The first-order valence-corrected chi connectivity index (χ1v) is 51.2. The number of hydrogen-bond donors (Lipinski definition) is 0. The summed E-state index contributed by atoms with van der Waals surface area (Å²) in [5.41, 5.74) is 29.8. The van der Waals surface area contributed by atoms with E-state index in [0.717, 1.165) is 89.6 Å². The second kappa shape index (κ2) is 35.4. The lowest BCUT2D eigenvalue weighted by atomic mass is 9.98. The van der Waals surface area contributed by atoms with Crippen molar-refractivity contribution in [1.82, 2.24) is 48.2 Å². The monoisotopic (exact) mass is 1900 g/mol. The number of thiophene rings is 3. The lowest BCUT2D eigenvalue weighted by Crippen LogP contribution is -2.04. The van der Waals surface area contributed by atoms with Crippen molar-refractivity contribution in [2.75, 3.05) is 0 Å². The van der Waals surface area contributed by atoms with Gasteiger partial charge >= 0.3 is 0 Å². The minimum absolute atomic E-state index is 0.653. The molecule has 0 radical (unpaired) electrons. The molecule has 0 N–H and O–H groups in total. The zero-order chi connectivity index (χ0) is 95.5. The van der Waals surface area contributed by atoms with Crippen LogP contribution in [0, 0.1) is 0 Å². The maximum absolute atomic E-state index is 5.30. The Hall–Kier alpha value is -18.5. The maximum atomic E-state index is 5.30. The summed E-state index contributed by atoms with van der Waals surface area (Å²) in [5.74, 6) is 2.04.